The van der Waals surface area contributed by atoms with Crippen LogP contribution in [0.25, 0.3) is 0 Å². The fourth-order valence-electron chi connectivity index (χ4n) is 2.22. The molecule has 2 aromatic rings. The molecular formula is C16H18F2N4O. The highest BCUT2D eigenvalue weighted by molar-refractivity contribution is 5.59. The zero-order valence-electron chi connectivity index (χ0n) is 12.7. The number of hydrogen-bond acceptors (Lipinski definition) is 5. The third-order valence-electron chi connectivity index (χ3n) is 3.43. The van der Waals surface area contributed by atoms with E-state index in [-0.39, 0.29) is 5.75 Å². The summed E-state index contributed by atoms with van der Waals surface area (Å²) in [6.07, 6.45) is 2.31. The maximum Gasteiger partial charge on any atom is 0.387 e. The fourth-order valence-corrected chi connectivity index (χ4v) is 2.22. The summed E-state index contributed by atoms with van der Waals surface area (Å²) in [6.45, 7) is -0.0886. The molecule has 23 heavy (non-hydrogen) atoms. The van der Waals surface area contributed by atoms with Crippen LogP contribution >= 0.6 is 0 Å². The van der Waals surface area contributed by atoms with Gasteiger partial charge in [0.25, 0.3) is 0 Å². The van der Waals surface area contributed by atoms with Gasteiger partial charge >= 0.3 is 6.61 Å². The number of rotatable bonds is 7. The molecule has 0 spiro atoms. The lowest BCUT2D eigenvalue weighted by Crippen LogP contribution is -2.06. The van der Waals surface area contributed by atoms with Gasteiger partial charge in [-0.15, -0.1) is 0 Å². The van der Waals surface area contributed by atoms with Crippen LogP contribution in [0.2, 0.25) is 0 Å². The Balaban J connectivity index is 1.75. The topological polar surface area (TPSA) is 59.1 Å². The minimum absolute atomic E-state index is 0.125. The van der Waals surface area contributed by atoms with E-state index in [0.717, 1.165) is 30.8 Å². The van der Waals surface area contributed by atoms with Crippen molar-refractivity contribution in [1.29, 1.82) is 0 Å². The Morgan fingerprint density at radius 2 is 1.96 bits per heavy atom. The van der Waals surface area contributed by atoms with Gasteiger partial charge in [-0.3, -0.25) is 0 Å². The van der Waals surface area contributed by atoms with Gasteiger partial charge in [-0.1, -0.05) is 0 Å². The molecule has 1 aliphatic rings. The number of benzene rings is 1. The van der Waals surface area contributed by atoms with Crippen molar-refractivity contribution >= 4 is 17.5 Å². The summed E-state index contributed by atoms with van der Waals surface area (Å²) in [5.74, 6) is 1.91. The number of nitrogens with one attached hydrogen (secondary N) is 2. The van der Waals surface area contributed by atoms with Crippen molar-refractivity contribution in [3.8, 4) is 5.75 Å². The second kappa shape index (κ2) is 6.76. The van der Waals surface area contributed by atoms with Crippen LogP contribution in [0.15, 0.2) is 30.3 Å². The molecule has 1 fully saturated rings. The van der Waals surface area contributed by atoms with Crippen molar-refractivity contribution in [3.05, 3.63) is 36.0 Å². The van der Waals surface area contributed by atoms with Gasteiger partial charge in [0.1, 0.15) is 11.6 Å². The average Bonchev–Trinajstić information content (AvgIpc) is 3.34. The standard InChI is InChI=1S/C16H18F2N4O/c1-2-19-16-21-13(10-3-4-10)9-14(22-16)20-11-5-7-12(8-6-11)23-15(17)18/h5-10,15H,2-4H2,1H3,(H2,19,20,21,22). The van der Waals surface area contributed by atoms with Crippen LogP contribution in [0.3, 0.4) is 0 Å². The highest BCUT2D eigenvalue weighted by atomic mass is 19.3. The maximum absolute atomic E-state index is 12.1. The highest BCUT2D eigenvalue weighted by Crippen LogP contribution is 2.40. The lowest BCUT2D eigenvalue weighted by molar-refractivity contribution is -0.0498. The molecule has 0 bridgehead atoms. The number of hydrogen-bond donors (Lipinski definition) is 2. The largest absolute Gasteiger partial charge is 0.435 e. The van der Waals surface area contributed by atoms with Crippen LogP contribution in [0.1, 0.15) is 31.4 Å². The van der Waals surface area contributed by atoms with Crippen molar-refractivity contribution in [3.63, 3.8) is 0 Å². The smallest absolute Gasteiger partial charge is 0.387 e. The van der Waals surface area contributed by atoms with Gasteiger partial charge in [-0.25, -0.2) is 4.98 Å². The van der Waals surface area contributed by atoms with Crippen LogP contribution in [0.5, 0.6) is 5.75 Å². The molecule has 1 aromatic heterocycles. The van der Waals surface area contributed by atoms with Crippen molar-refractivity contribution in [2.75, 3.05) is 17.2 Å². The van der Waals surface area contributed by atoms with Gasteiger partial charge in [0.2, 0.25) is 5.95 Å². The summed E-state index contributed by atoms with van der Waals surface area (Å²) in [5, 5.41) is 6.29. The summed E-state index contributed by atoms with van der Waals surface area (Å²) in [7, 11) is 0. The monoisotopic (exact) mass is 320 g/mol. The van der Waals surface area contributed by atoms with E-state index in [9.17, 15) is 8.78 Å². The molecule has 5 nitrogen and oxygen atoms in total. The minimum atomic E-state index is -2.82. The number of halogens is 2. The van der Waals surface area contributed by atoms with E-state index in [1.54, 1.807) is 12.1 Å². The predicted octanol–water partition coefficient (Wildman–Crippen LogP) is 4.13. The van der Waals surface area contributed by atoms with Gasteiger partial charge < -0.3 is 15.4 Å². The molecule has 0 unspecified atom stereocenters. The molecule has 1 saturated carbocycles. The molecular weight excluding hydrogens is 302 g/mol. The zero-order valence-corrected chi connectivity index (χ0v) is 12.7. The Labute approximate surface area is 133 Å². The Morgan fingerprint density at radius 3 is 2.57 bits per heavy atom. The van der Waals surface area contributed by atoms with Gasteiger partial charge in [0.05, 0.1) is 5.69 Å². The van der Waals surface area contributed by atoms with Crippen LogP contribution in [0, 0.1) is 0 Å². The third-order valence-corrected chi connectivity index (χ3v) is 3.43. The van der Waals surface area contributed by atoms with Crippen molar-refractivity contribution in [2.24, 2.45) is 0 Å². The van der Waals surface area contributed by atoms with Gasteiger partial charge in [-0.05, 0) is 44.0 Å². The Hall–Kier alpha value is -2.44. The summed E-state index contributed by atoms with van der Waals surface area (Å²) >= 11 is 0. The lowest BCUT2D eigenvalue weighted by atomic mass is 10.2. The first-order chi connectivity index (χ1) is 11.1. The van der Waals surface area contributed by atoms with Crippen LogP contribution in [-0.2, 0) is 0 Å². The first-order valence-electron chi connectivity index (χ1n) is 7.59. The van der Waals surface area contributed by atoms with Gasteiger partial charge in [0.15, 0.2) is 0 Å². The Bertz CT molecular complexity index is 660. The van der Waals surface area contributed by atoms with E-state index in [1.165, 1.54) is 12.1 Å². The summed E-state index contributed by atoms with van der Waals surface area (Å²) in [6, 6.07) is 8.25. The average molecular weight is 320 g/mol. The maximum atomic E-state index is 12.1. The third kappa shape index (κ3) is 4.28. The molecule has 0 atom stereocenters. The molecule has 7 heteroatoms. The summed E-state index contributed by atoms with van der Waals surface area (Å²) < 4.78 is 28.6. The van der Waals surface area contributed by atoms with Gasteiger partial charge in [0, 0.05) is 24.2 Å². The van der Waals surface area contributed by atoms with Crippen molar-refractivity contribution < 1.29 is 13.5 Å². The van der Waals surface area contributed by atoms with Crippen LogP contribution in [-0.4, -0.2) is 23.1 Å². The van der Waals surface area contributed by atoms with Gasteiger partial charge in [-0.2, -0.15) is 13.8 Å². The Kier molecular flexibility index (Phi) is 4.55. The van der Waals surface area contributed by atoms with E-state index in [0.29, 0.717) is 17.7 Å². The number of ether oxygens (including phenoxy) is 1. The molecule has 0 saturated heterocycles. The zero-order chi connectivity index (χ0) is 16.2. The van der Waals surface area contributed by atoms with E-state index >= 15 is 0 Å². The molecule has 3 rings (SSSR count). The second-order valence-corrected chi connectivity index (χ2v) is 5.33. The molecule has 1 aromatic carbocycles. The first-order valence-corrected chi connectivity index (χ1v) is 7.59. The molecule has 1 aliphatic carbocycles. The number of aromatic nitrogens is 2. The number of alkyl halides is 2. The van der Waals surface area contributed by atoms with Crippen molar-refractivity contribution in [2.45, 2.75) is 32.3 Å². The molecule has 0 amide bonds. The van der Waals surface area contributed by atoms with E-state index in [2.05, 4.69) is 25.3 Å². The normalized spacial score (nSPS) is 13.9. The highest BCUT2D eigenvalue weighted by Gasteiger charge is 2.26. The summed E-state index contributed by atoms with van der Waals surface area (Å²) in [5.41, 5.74) is 1.77. The summed E-state index contributed by atoms with van der Waals surface area (Å²) in [4.78, 5) is 8.92. The van der Waals surface area contributed by atoms with Crippen molar-refractivity contribution in [1.82, 2.24) is 9.97 Å². The molecule has 0 aliphatic heterocycles. The SMILES string of the molecule is CCNc1nc(Nc2ccc(OC(F)F)cc2)cc(C2CC2)n1. The van der Waals surface area contributed by atoms with E-state index < -0.39 is 6.61 Å². The number of anilines is 3. The molecule has 1 heterocycles. The van der Waals surface area contributed by atoms with E-state index in [4.69, 9.17) is 0 Å². The molecule has 2 N–H and O–H groups in total. The second-order valence-electron chi connectivity index (χ2n) is 5.33. The molecule has 0 radical (unpaired) electrons. The fraction of sp³-hybridized carbons (Fsp3) is 0.375. The quantitative estimate of drug-likeness (QED) is 0.803. The van der Waals surface area contributed by atoms with E-state index in [1.807, 2.05) is 13.0 Å². The Morgan fingerprint density at radius 1 is 1.22 bits per heavy atom. The predicted molar refractivity (Wildman–Crippen MR) is 84.5 cm³/mol. The minimum Gasteiger partial charge on any atom is -0.435 e. The lowest BCUT2D eigenvalue weighted by Gasteiger charge is -2.11. The van der Waals surface area contributed by atoms with Crippen LogP contribution < -0.4 is 15.4 Å². The first kappa shape index (κ1) is 15.5. The molecule has 122 valence electrons. The number of nitrogens with zero attached hydrogens (tertiary/aromatic N) is 2. The van der Waals surface area contributed by atoms with Crippen LogP contribution in [0.4, 0.5) is 26.2 Å².